The number of nitrogens with one attached hydrogen (secondary N) is 2. The molecule has 7 nitrogen and oxygen atoms in total. The fraction of sp³-hybridized carbons (Fsp3) is 0.526. The number of hydrogen-bond donors (Lipinski definition) is 2. The Morgan fingerprint density at radius 3 is 2.38 bits per heavy atom. The van der Waals surface area contributed by atoms with Crippen LogP contribution < -0.4 is 10.7 Å². The standard InChI is InChI=1S/C19H26N4O3/c1-2-19(15-10-6-5-7-11-15)17(25)23(18(26)20-19)21-16(24)14-22-12-8-3-4-9-13-22/h5-7,10-11H,2-4,8-9,12-14H2,1H3,(H,20,26)(H,21,24)/t19-/m1/s1. The molecule has 0 radical (unpaired) electrons. The Hall–Kier alpha value is -2.41. The van der Waals surface area contributed by atoms with E-state index in [1.54, 1.807) is 0 Å². The average Bonchev–Trinajstić information content (AvgIpc) is 2.82. The van der Waals surface area contributed by atoms with Crippen molar-refractivity contribution in [2.45, 2.75) is 44.6 Å². The fourth-order valence-corrected chi connectivity index (χ4v) is 3.70. The van der Waals surface area contributed by atoms with Crippen molar-refractivity contribution < 1.29 is 14.4 Å². The number of carbonyl (C=O) groups is 3. The number of imide groups is 1. The maximum atomic E-state index is 13.0. The summed E-state index contributed by atoms with van der Waals surface area (Å²) in [5, 5.41) is 3.59. The van der Waals surface area contributed by atoms with Crippen LogP contribution in [0.2, 0.25) is 0 Å². The van der Waals surface area contributed by atoms with Gasteiger partial charge in [-0.2, -0.15) is 5.01 Å². The molecule has 1 aromatic carbocycles. The number of rotatable bonds is 5. The van der Waals surface area contributed by atoms with E-state index in [0.29, 0.717) is 12.0 Å². The molecule has 1 aromatic rings. The summed E-state index contributed by atoms with van der Waals surface area (Å²) < 4.78 is 0. The molecular weight excluding hydrogens is 332 g/mol. The van der Waals surface area contributed by atoms with Crippen LogP contribution in [0, 0.1) is 0 Å². The monoisotopic (exact) mass is 358 g/mol. The summed E-state index contributed by atoms with van der Waals surface area (Å²) in [7, 11) is 0. The molecule has 0 aromatic heterocycles. The van der Waals surface area contributed by atoms with Gasteiger partial charge in [-0.1, -0.05) is 50.1 Å². The summed E-state index contributed by atoms with van der Waals surface area (Å²) >= 11 is 0. The first-order valence-electron chi connectivity index (χ1n) is 9.31. The van der Waals surface area contributed by atoms with Gasteiger partial charge in [0, 0.05) is 0 Å². The number of nitrogens with zero attached hydrogens (tertiary/aromatic N) is 2. The van der Waals surface area contributed by atoms with Crippen molar-refractivity contribution in [2.24, 2.45) is 0 Å². The highest BCUT2D eigenvalue weighted by molar-refractivity contribution is 6.08. The molecule has 1 atom stereocenters. The van der Waals surface area contributed by atoms with Crippen LogP contribution in [0.4, 0.5) is 4.79 Å². The van der Waals surface area contributed by atoms with Crippen LogP contribution in [0.5, 0.6) is 0 Å². The van der Waals surface area contributed by atoms with E-state index in [1.165, 1.54) is 12.8 Å². The molecule has 26 heavy (non-hydrogen) atoms. The summed E-state index contributed by atoms with van der Waals surface area (Å²) in [6.45, 7) is 3.78. The maximum absolute atomic E-state index is 13.0. The first kappa shape index (κ1) is 18.4. The van der Waals surface area contributed by atoms with Crippen LogP contribution in [-0.4, -0.2) is 47.4 Å². The van der Waals surface area contributed by atoms with Crippen molar-refractivity contribution in [1.29, 1.82) is 0 Å². The number of hydrogen-bond acceptors (Lipinski definition) is 4. The summed E-state index contributed by atoms with van der Waals surface area (Å²) in [5.74, 6) is -0.782. The summed E-state index contributed by atoms with van der Waals surface area (Å²) in [4.78, 5) is 39.8. The van der Waals surface area contributed by atoms with Crippen LogP contribution in [-0.2, 0) is 15.1 Å². The second kappa shape index (κ2) is 7.86. The van der Waals surface area contributed by atoms with E-state index < -0.39 is 17.5 Å². The smallest absolute Gasteiger partial charge is 0.318 e. The van der Waals surface area contributed by atoms with E-state index in [-0.39, 0.29) is 12.5 Å². The zero-order chi connectivity index (χ0) is 18.6. The highest BCUT2D eigenvalue weighted by Gasteiger charge is 2.52. The van der Waals surface area contributed by atoms with Crippen molar-refractivity contribution >= 4 is 17.8 Å². The van der Waals surface area contributed by atoms with E-state index in [2.05, 4.69) is 15.6 Å². The van der Waals surface area contributed by atoms with Crippen LogP contribution in [0.25, 0.3) is 0 Å². The fourth-order valence-electron chi connectivity index (χ4n) is 3.70. The van der Waals surface area contributed by atoms with Gasteiger partial charge < -0.3 is 5.32 Å². The van der Waals surface area contributed by atoms with Crippen LogP contribution >= 0.6 is 0 Å². The Bertz CT molecular complexity index is 671. The molecule has 0 saturated carbocycles. The maximum Gasteiger partial charge on any atom is 0.344 e. The third-order valence-electron chi connectivity index (χ3n) is 5.19. The van der Waals surface area contributed by atoms with E-state index in [9.17, 15) is 14.4 Å². The van der Waals surface area contributed by atoms with E-state index in [0.717, 1.165) is 30.9 Å². The second-order valence-corrected chi connectivity index (χ2v) is 6.92. The molecule has 2 N–H and O–H groups in total. The molecule has 3 rings (SSSR count). The number of urea groups is 1. The van der Waals surface area contributed by atoms with Gasteiger partial charge in [0.2, 0.25) is 0 Å². The van der Waals surface area contributed by atoms with Crippen LogP contribution in [0.15, 0.2) is 30.3 Å². The van der Waals surface area contributed by atoms with Gasteiger partial charge in [0.25, 0.3) is 11.8 Å². The largest absolute Gasteiger partial charge is 0.344 e. The lowest BCUT2D eigenvalue weighted by Crippen LogP contribution is -2.51. The minimum Gasteiger partial charge on any atom is -0.318 e. The SMILES string of the molecule is CC[C@]1(c2ccccc2)NC(=O)N(NC(=O)CN2CCCCCC2)C1=O. The molecule has 0 spiro atoms. The van der Waals surface area contributed by atoms with E-state index in [4.69, 9.17) is 0 Å². The van der Waals surface area contributed by atoms with Crippen molar-refractivity contribution in [2.75, 3.05) is 19.6 Å². The van der Waals surface area contributed by atoms with Gasteiger partial charge in [-0.05, 0) is 37.9 Å². The van der Waals surface area contributed by atoms with Crippen LogP contribution in [0.3, 0.4) is 0 Å². The number of carbonyl (C=O) groups excluding carboxylic acids is 3. The molecule has 2 fully saturated rings. The predicted octanol–water partition coefficient (Wildman–Crippen LogP) is 1.75. The minimum atomic E-state index is -1.13. The molecule has 4 amide bonds. The predicted molar refractivity (Wildman–Crippen MR) is 96.8 cm³/mol. The summed E-state index contributed by atoms with van der Waals surface area (Å²) in [5.41, 5.74) is 2.08. The van der Waals surface area contributed by atoms with Gasteiger partial charge in [-0.15, -0.1) is 0 Å². The molecule has 2 aliphatic heterocycles. The Morgan fingerprint density at radius 1 is 1.12 bits per heavy atom. The first-order valence-corrected chi connectivity index (χ1v) is 9.31. The third kappa shape index (κ3) is 3.58. The Balaban J connectivity index is 1.69. The zero-order valence-corrected chi connectivity index (χ0v) is 15.2. The van der Waals surface area contributed by atoms with Gasteiger partial charge in [-0.3, -0.25) is 19.9 Å². The van der Waals surface area contributed by atoms with Crippen molar-refractivity contribution in [3.8, 4) is 0 Å². The Labute approximate surface area is 153 Å². The Kier molecular flexibility index (Phi) is 5.56. The number of likely N-dealkylation sites (tertiary alicyclic amines) is 1. The first-order chi connectivity index (χ1) is 12.6. The molecule has 0 bridgehead atoms. The molecule has 7 heteroatoms. The van der Waals surface area contributed by atoms with Crippen LogP contribution in [0.1, 0.15) is 44.6 Å². The lowest BCUT2D eigenvalue weighted by molar-refractivity contribution is -0.139. The highest BCUT2D eigenvalue weighted by Crippen LogP contribution is 2.31. The van der Waals surface area contributed by atoms with E-state index in [1.807, 2.05) is 37.3 Å². The highest BCUT2D eigenvalue weighted by atomic mass is 16.2. The lowest BCUT2D eigenvalue weighted by Gasteiger charge is -2.26. The molecule has 2 heterocycles. The van der Waals surface area contributed by atoms with Crippen molar-refractivity contribution in [3.05, 3.63) is 35.9 Å². The molecule has 0 unspecified atom stereocenters. The topological polar surface area (TPSA) is 81.8 Å². The number of amides is 4. The molecule has 2 aliphatic rings. The summed E-state index contributed by atoms with van der Waals surface area (Å²) in [6.07, 6.45) is 4.91. The van der Waals surface area contributed by atoms with Gasteiger partial charge in [0.1, 0.15) is 5.54 Å². The molecule has 0 aliphatic carbocycles. The molecule has 2 saturated heterocycles. The zero-order valence-electron chi connectivity index (χ0n) is 15.2. The average molecular weight is 358 g/mol. The number of hydrazine groups is 1. The van der Waals surface area contributed by atoms with Crippen molar-refractivity contribution in [1.82, 2.24) is 20.7 Å². The summed E-state index contributed by atoms with van der Waals surface area (Å²) in [6, 6.07) is 8.54. The normalized spacial score (nSPS) is 24.3. The third-order valence-corrected chi connectivity index (χ3v) is 5.19. The van der Waals surface area contributed by atoms with Gasteiger partial charge in [0.05, 0.1) is 6.54 Å². The lowest BCUT2D eigenvalue weighted by atomic mass is 9.87. The second-order valence-electron chi connectivity index (χ2n) is 6.92. The quantitative estimate of drug-likeness (QED) is 0.786. The van der Waals surface area contributed by atoms with Crippen molar-refractivity contribution in [3.63, 3.8) is 0 Å². The van der Waals surface area contributed by atoms with Gasteiger partial charge >= 0.3 is 6.03 Å². The number of benzene rings is 1. The molecular formula is C19H26N4O3. The minimum absolute atomic E-state index is 0.196. The van der Waals surface area contributed by atoms with Gasteiger partial charge in [-0.25, -0.2) is 4.79 Å². The van der Waals surface area contributed by atoms with E-state index >= 15 is 0 Å². The Morgan fingerprint density at radius 2 is 1.77 bits per heavy atom. The molecule has 140 valence electrons. The van der Waals surface area contributed by atoms with Gasteiger partial charge in [0.15, 0.2) is 0 Å².